The fourth-order valence-electron chi connectivity index (χ4n) is 2.51. The fraction of sp³-hybridized carbons (Fsp3) is 0.571. The first-order valence-electron chi connectivity index (χ1n) is 6.52. The molecule has 1 aliphatic rings. The molecular formula is C14H20N2O. The molecule has 0 aromatic carbocycles. The summed E-state index contributed by atoms with van der Waals surface area (Å²) < 4.78 is 0. The minimum Gasteiger partial charge on any atom is -0.336 e. The first kappa shape index (κ1) is 12.1. The first-order valence-corrected chi connectivity index (χ1v) is 6.52. The molecule has 0 spiro atoms. The van der Waals surface area contributed by atoms with Crippen molar-refractivity contribution in [1.29, 1.82) is 0 Å². The zero-order valence-corrected chi connectivity index (χ0v) is 10.4. The third kappa shape index (κ3) is 2.84. The number of aromatic nitrogens is 1. The van der Waals surface area contributed by atoms with E-state index in [1.165, 1.54) is 12.0 Å². The maximum absolute atomic E-state index is 12.1. The summed E-state index contributed by atoms with van der Waals surface area (Å²) in [6, 6.07) is 4.28. The monoisotopic (exact) mass is 232 g/mol. The quantitative estimate of drug-likeness (QED) is 0.802. The van der Waals surface area contributed by atoms with Crippen molar-refractivity contribution in [1.82, 2.24) is 9.88 Å². The number of rotatable bonds is 3. The zero-order chi connectivity index (χ0) is 12.1. The molecule has 1 aromatic heterocycles. The van der Waals surface area contributed by atoms with E-state index in [1.54, 1.807) is 6.20 Å². The Morgan fingerprint density at radius 2 is 2.41 bits per heavy atom. The molecular weight excluding hydrogens is 212 g/mol. The number of nitrogens with zero attached hydrogens (tertiary/aromatic N) is 2. The largest absolute Gasteiger partial charge is 0.336 e. The van der Waals surface area contributed by atoms with Crippen LogP contribution in [0.15, 0.2) is 24.5 Å². The predicted octanol–water partition coefficient (Wildman–Crippen LogP) is 2.94. The molecule has 3 heteroatoms. The molecule has 1 aliphatic heterocycles. The van der Waals surface area contributed by atoms with E-state index in [9.17, 15) is 4.79 Å². The van der Waals surface area contributed by atoms with Gasteiger partial charge in [0, 0.05) is 25.4 Å². The average Bonchev–Trinajstić information content (AvgIpc) is 2.40. The standard InChI is InChI=1S/C14H20N2O/c1-2-6-14(17)16-10-4-3-8-13(16)12-7-5-9-15-11-12/h5,7,9,11,13H,2-4,6,8,10H2,1H3. The molecule has 1 amide bonds. The van der Waals surface area contributed by atoms with Crippen LogP contribution in [0.25, 0.3) is 0 Å². The Balaban J connectivity index is 2.15. The Labute approximate surface area is 103 Å². The molecule has 0 aliphatic carbocycles. The Kier molecular flexibility index (Phi) is 4.13. The van der Waals surface area contributed by atoms with E-state index < -0.39 is 0 Å². The van der Waals surface area contributed by atoms with Crippen molar-refractivity contribution < 1.29 is 4.79 Å². The Bertz CT molecular complexity index is 364. The van der Waals surface area contributed by atoms with Crippen molar-refractivity contribution in [3.8, 4) is 0 Å². The number of carbonyl (C=O) groups is 1. The molecule has 3 nitrogen and oxygen atoms in total. The Morgan fingerprint density at radius 1 is 1.53 bits per heavy atom. The Morgan fingerprint density at radius 3 is 3.12 bits per heavy atom. The number of carbonyl (C=O) groups excluding carboxylic acids is 1. The van der Waals surface area contributed by atoms with Crippen molar-refractivity contribution in [2.45, 2.75) is 45.1 Å². The van der Waals surface area contributed by atoms with Crippen molar-refractivity contribution in [2.75, 3.05) is 6.54 Å². The summed E-state index contributed by atoms with van der Waals surface area (Å²) in [6.07, 6.45) is 8.67. The maximum atomic E-state index is 12.1. The minimum atomic E-state index is 0.247. The summed E-state index contributed by atoms with van der Waals surface area (Å²) in [4.78, 5) is 18.3. The number of piperidine rings is 1. The number of likely N-dealkylation sites (tertiary alicyclic amines) is 1. The highest BCUT2D eigenvalue weighted by atomic mass is 16.2. The molecule has 2 rings (SSSR count). The van der Waals surface area contributed by atoms with Gasteiger partial charge in [-0.3, -0.25) is 9.78 Å². The van der Waals surface area contributed by atoms with Gasteiger partial charge in [0.25, 0.3) is 0 Å². The normalized spacial score (nSPS) is 20.3. The first-order chi connectivity index (χ1) is 8.33. The minimum absolute atomic E-state index is 0.247. The molecule has 1 atom stereocenters. The summed E-state index contributed by atoms with van der Waals surface area (Å²) >= 11 is 0. The predicted molar refractivity (Wildman–Crippen MR) is 67.5 cm³/mol. The second-order valence-electron chi connectivity index (χ2n) is 4.64. The molecule has 92 valence electrons. The highest BCUT2D eigenvalue weighted by molar-refractivity contribution is 5.76. The van der Waals surface area contributed by atoms with Gasteiger partial charge in [-0.15, -0.1) is 0 Å². The molecule has 17 heavy (non-hydrogen) atoms. The molecule has 0 bridgehead atoms. The van der Waals surface area contributed by atoms with Crippen LogP contribution in [0, 0.1) is 0 Å². The molecule has 0 N–H and O–H groups in total. The van der Waals surface area contributed by atoms with Crippen LogP contribution in [-0.4, -0.2) is 22.3 Å². The van der Waals surface area contributed by atoms with Crippen molar-refractivity contribution >= 4 is 5.91 Å². The lowest BCUT2D eigenvalue weighted by molar-refractivity contribution is -0.135. The van der Waals surface area contributed by atoms with Crippen LogP contribution in [0.1, 0.15) is 50.6 Å². The van der Waals surface area contributed by atoms with E-state index in [-0.39, 0.29) is 6.04 Å². The van der Waals surface area contributed by atoms with E-state index in [2.05, 4.69) is 18.0 Å². The molecule has 2 heterocycles. The third-order valence-electron chi connectivity index (χ3n) is 3.36. The fourth-order valence-corrected chi connectivity index (χ4v) is 2.51. The van der Waals surface area contributed by atoms with Gasteiger partial charge >= 0.3 is 0 Å². The second kappa shape index (κ2) is 5.80. The maximum Gasteiger partial charge on any atom is 0.223 e. The lowest BCUT2D eigenvalue weighted by atomic mass is 9.96. The SMILES string of the molecule is CCCC(=O)N1CCCCC1c1cccnc1. The van der Waals surface area contributed by atoms with Crippen LogP contribution in [0.5, 0.6) is 0 Å². The lowest BCUT2D eigenvalue weighted by Gasteiger charge is -2.36. The summed E-state index contributed by atoms with van der Waals surface area (Å²) in [7, 11) is 0. The van der Waals surface area contributed by atoms with E-state index >= 15 is 0 Å². The molecule has 1 aromatic rings. The average molecular weight is 232 g/mol. The molecule has 1 fully saturated rings. The second-order valence-corrected chi connectivity index (χ2v) is 4.64. The van der Waals surface area contributed by atoms with Gasteiger partial charge in [0.2, 0.25) is 5.91 Å². The molecule has 0 saturated carbocycles. The lowest BCUT2D eigenvalue weighted by Crippen LogP contribution is -2.38. The number of pyridine rings is 1. The highest BCUT2D eigenvalue weighted by Crippen LogP contribution is 2.30. The van der Waals surface area contributed by atoms with E-state index in [1.807, 2.05) is 17.2 Å². The van der Waals surface area contributed by atoms with Gasteiger partial charge in [-0.05, 0) is 37.3 Å². The van der Waals surface area contributed by atoms with Gasteiger partial charge in [0.15, 0.2) is 0 Å². The molecule has 1 saturated heterocycles. The summed E-state index contributed by atoms with van der Waals surface area (Å²) in [5, 5.41) is 0. The molecule has 0 radical (unpaired) electrons. The molecule has 1 unspecified atom stereocenters. The van der Waals surface area contributed by atoms with Crippen LogP contribution in [-0.2, 0) is 4.79 Å². The van der Waals surface area contributed by atoms with Gasteiger partial charge < -0.3 is 4.90 Å². The summed E-state index contributed by atoms with van der Waals surface area (Å²) in [6.45, 7) is 2.96. The summed E-state index contributed by atoms with van der Waals surface area (Å²) in [5.74, 6) is 0.293. The van der Waals surface area contributed by atoms with Crippen LogP contribution < -0.4 is 0 Å². The van der Waals surface area contributed by atoms with Crippen molar-refractivity contribution in [2.24, 2.45) is 0 Å². The van der Waals surface area contributed by atoms with Gasteiger partial charge in [-0.1, -0.05) is 13.0 Å². The highest BCUT2D eigenvalue weighted by Gasteiger charge is 2.27. The summed E-state index contributed by atoms with van der Waals surface area (Å²) in [5.41, 5.74) is 1.18. The topological polar surface area (TPSA) is 33.2 Å². The third-order valence-corrected chi connectivity index (χ3v) is 3.36. The van der Waals surface area contributed by atoms with Crippen molar-refractivity contribution in [3.05, 3.63) is 30.1 Å². The van der Waals surface area contributed by atoms with Crippen LogP contribution >= 0.6 is 0 Å². The van der Waals surface area contributed by atoms with E-state index in [0.717, 1.165) is 25.8 Å². The van der Waals surface area contributed by atoms with Gasteiger partial charge in [-0.2, -0.15) is 0 Å². The number of hydrogen-bond acceptors (Lipinski definition) is 2. The van der Waals surface area contributed by atoms with Gasteiger partial charge in [-0.25, -0.2) is 0 Å². The number of amides is 1. The Hall–Kier alpha value is -1.38. The van der Waals surface area contributed by atoms with E-state index in [0.29, 0.717) is 12.3 Å². The van der Waals surface area contributed by atoms with Crippen LogP contribution in [0.2, 0.25) is 0 Å². The zero-order valence-electron chi connectivity index (χ0n) is 10.4. The van der Waals surface area contributed by atoms with Crippen molar-refractivity contribution in [3.63, 3.8) is 0 Å². The number of hydrogen-bond donors (Lipinski definition) is 0. The van der Waals surface area contributed by atoms with Gasteiger partial charge in [0.05, 0.1) is 6.04 Å². The van der Waals surface area contributed by atoms with E-state index in [4.69, 9.17) is 0 Å². The van der Waals surface area contributed by atoms with Crippen LogP contribution in [0.4, 0.5) is 0 Å². The smallest absolute Gasteiger partial charge is 0.223 e. The van der Waals surface area contributed by atoms with Gasteiger partial charge in [0.1, 0.15) is 0 Å². The van der Waals surface area contributed by atoms with Crippen LogP contribution in [0.3, 0.4) is 0 Å².